The molecule has 0 saturated carbocycles. The summed E-state index contributed by atoms with van der Waals surface area (Å²) < 4.78 is 39.2. The highest BCUT2D eigenvalue weighted by molar-refractivity contribution is 7.86. The van der Waals surface area contributed by atoms with E-state index >= 15 is 0 Å². The standard InChI is InChI=1S/C25H36O4S/c1-2-3-4-5-6-7-8-9-10-11-13-17-22-18-16-21-24(30(26,27)28)25(22)29-23-19-14-12-15-20-23/h12,14-16,18-21H,2-11,13,17H2,1H3,(H,26,27,28). The Morgan fingerprint density at radius 2 is 1.30 bits per heavy atom. The number of hydrogen-bond acceptors (Lipinski definition) is 3. The van der Waals surface area contributed by atoms with Crippen molar-refractivity contribution >= 4 is 10.1 Å². The van der Waals surface area contributed by atoms with E-state index < -0.39 is 10.1 Å². The fourth-order valence-electron chi connectivity index (χ4n) is 3.66. The molecule has 0 aliphatic rings. The van der Waals surface area contributed by atoms with Gasteiger partial charge in [0.05, 0.1) is 0 Å². The smallest absolute Gasteiger partial charge is 0.298 e. The Hall–Kier alpha value is -1.85. The third-order valence-electron chi connectivity index (χ3n) is 5.35. The Kier molecular flexibility index (Phi) is 11.0. The summed E-state index contributed by atoms with van der Waals surface area (Å²) in [5.74, 6) is 0.784. The van der Waals surface area contributed by atoms with Crippen LogP contribution in [-0.2, 0) is 16.5 Å². The lowest BCUT2D eigenvalue weighted by atomic mass is 10.0. The van der Waals surface area contributed by atoms with Crippen molar-refractivity contribution in [2.75, 3.05) is 0 Å². The summed E-state index contributed by atoms with van der Waals surface area (Å²) in [6, 6.07) is 14.0. The van der Waals surface area contributed by atoms with Gasteiger partial charge in [-0.2, -0.15) is 8.42 Å². The second-order valence-corrected chi connectivity index (χ2v) is 9.31. The molecule has 0 spiro atoms. The molecule has 1 N–H and O–H groups in total. The van der Waals surface area contributed by atoms with Gasteiger partial charge in [-0.15, -0.1) is 0 Å². The number of para-hydroxylation sites is 2. The van der Waals surface area contributed by atoms with Crippen LogP contribution in [0.15, 0.2) is 53.4 Å². The summed E-state index contributed by atoms with van der Waals surface area (Å²) in [6.07, 6.45) is 14.6. The first-order valence-corrected chi connectivity index (χ1v) is 12.8. The molecule has 0 aliphatic heterocycles. The van der Waals surface area contributed by atoms with Crippen LogP contribution in [0.5, 0.6) is 11.5 Å². The highest BCUT2D eigenvalue weighted by Gasteiger charge is 2.20. The van der Waals surface area contributed by atoms with Crippen molar-refractivity contribution in [1.29, 1.82) is 0 Å². The Labute approximate surface area is 182 Å². The number of ether oxygens (including phenoxy) is 1. The molecule has 4 nitrogen and oxygen atoms in total. The van der Waals surface area contributed by atoms with Gasteiger partial charge in [-0.05, 0) is 36.6 Å². The summed E-state index contributed by atoms with van der Waals surface area (Å²) in [4.78, 5) is -0.174. The lowest BCUT2D eigenvalue weighted by Crippen LogP contribution is -2.04. The molecule has 0 aliphatic carbocycles. The second kappa shape index (κ2) is 13.5. The quantitative estimate of drug-likeness (QED) is 0.233. The molecule has 166 valence electrons. The third kappa shape index (κ3) is 8.88. The Balaban J connectivity index is 1.84. The molecule has 2 rings (SSSR count). The summed E-state index contributed by atoms with van der Waals surface area (Å²) in [6.45, 7) is 2.25. The Bertz CT molecular complexity index is 831. The van der Waals surface area contributed by atoms with E-state index in [0.29, 0.717) is 5.75 Å². The van der Waals surface area contributed by atoms with Crippen LogP contribution in [0.2, 0.25) is 0 Å². The van der Waals surface area contributed by atoms with Crippen LogP contribution in [-0.4, -0.2) is 13.0 Å². The van der Waals surface area contributed by atoms with Crippen molar-refractivity contribution in [3.63, 3.8) is 0 Å². The first kappa shape index (κ1) is 24.4. The van der Waals surface area contributed by atoms with Crippen LogP contribution in [0.1, 0.15) is 83.1 Å². The van der Waals surface area contributed by atoms with Crippen molar-refractivity contribution < 1.29 is 17.7 Å². The number of aryl methyl sites for hydroxylation is 1. The van der Waals surface area contributed by atoms with Crippen molar-refractivity contribution in [3.05, 3.63) is 54.1 Å². The summed E-state index contributed by atoms with van der Waals surface area (Å²) in [5.41, 5.74) is 0.810. The molecular formula is C25H36O4S. The van der Waals surface area contributed by atoms with Crippen molar-refractivity contribution in [2.45, 2.75) is 88.9 Å². The molecule has 0 amide bonds. The fraction of sp³-hybridized carbons (Fsp3) is 0.520. The molecule has 5 heteroatoms. The Morgan fingerprint density at radius 1 is 0.733 bits per heavy atom. The van der Waals surface area contributed by atoms with E-state index in [1.165, 1.54) is 63.9 Å². The van der Waals surface area contributed by atoms with E-state index in [2.05, 4.69) is 6.92 Å². The van der Waals surface area contributed by atoms with Gasteiger partial charge in [0, 0.05) is 0 Å². The maximum absolute atomic E-state index is 11.8. The number of benzene rings is 2. The van der Waals surface area contributed by atoms with Crippen LogP contribution in [0, 0.1) is 0 Å². The molecule has 0 atom stereocenters. The van der Waals surface area contributed by atoms with Gasteiger partial charge in [0.1, 0.15) is 10.6 Å². The molecule has 0 saturated heterocycles. The highest BCUT2D eigenvalue weighted by Crippen LogP contribution is 2.33. The molecule has 30 heavy (non-hydrogen) atoms. The average Bonchev–Trinajstić information content (AvgIpc) is 2.73. The van der Waals surface area contributed by atoms with Crippen molar-refractivity contribution in [3.8, 4) is 11.5 Å². The third-order valence-corrected chi connectivity index (χ3v) is 6.23. The second-order valence-electron chi connectivity index (χ2n) is 7.92. The normalized spacial score (nSPS) is 11.5. The van der Waals surface area contributed by atoms with E-state index in [0.717, 1.165) is 24.8 Å². The summed E-state index contributed by atoms with van der Waals surface area (Å²) >= 11 is 0. The van der Waals surface area contributed by atoms with Crippen molar-refractivity contribution in [2.24, 2.45) is 0 Å². The lowest BCUT2D eigenvalue weighted by Gasteiger charge is -2.14. The summed E-state index contributed by atoms with van der Waals surface area (Å²) in [7, 11) is -4.36. The topological polar surface area (TPSA) is 63.6 Å². The predicted octanol–water partition coefficient (Wildman–Crippen LogP) is 7.58. The van der Waals surface area contributed by atoms with Gasteiger partial charge < -0.3 is 4.74 Å². The van der Waals surface area contributed by atoms with Gasteiger partial charge in [-0.1, -0.05) is 101 Å². The van der Waals surface area contributed by atoms with Crippen LogP contribution < -0.4 is 4.74 Å². The molecule has 2 aromatic carbocycles. The van der Waals surface area contributed by atoms with E-state index in [4.69, 9.17) is 4.74 Å². The minimum atomic E-state index is -4.36. The largest absolute Gasteiger partial charge is 0.456 e. The highest BCUT2D eigenvalue weighted by atomic mass is 32.2. The van der Waals surface area contributed by atoms with Crippen LogP contribution in [0.3, 0.4) is 0 Å². The van der Waals surface area contributed by atoms with E-state index in [1.54, 1.807) is 18.2 Å². The first-order chi connectivity index (χ1) is 14.5. The molecule has 0 aromatic heterocycles. The molecule has 0 radical (unpaired) electrons. The monoisotopic (exact) mass is 432 g/mol. The zero-order valence-electron chi connectivity index (χ0n) is 18.2. The number of rotatable bonds is 15. The number of hydrogen-bond donors (Lipinski definition) is 1. The lowest BCUT2D eigenvalue weighted by molar-refractivity contribution is 0.444. The van der Waals surface area contributed by atoms with Crippen molar-refractivity contribution in [1.82, 2.24) is 0 Å². The predicted molar refractivity (Wildman–Crippen MR) is 123 cm³/mol. The van der Waals surface area contributed by atoms with Crippen LogP contribution in [0.4, 0.5) is 0 Å². The molecule has 0 heterocycles. The van der Waals surface area contributed by atoms with E-state index in [1.807, 2.05) is 24.3 Å². The molecule has 0 bridgehead atoms. The van der Waals surface area contributed by atoms with E-state index in [9.17, 15) is 13.0 Å². The molecule has 2 aromatic rings. The summed E-state index contributed by atoms with van der Waals surface area (Å²) in [5, 5.41) is 0. The number of unbranched alkanes of at least 4 members (excludes halogenated alkanes) is 10. The minimum Gasteiger partial charge on any atom is -0.456 e. The fourth-order valence-corrected chi connectivity index (χ4v) is 4.32. The maximum atomic E-state index is 11.8. The molecular weight excluding hydrogens is 396 g/mol. The van der Waals surface area contributed by atoms with E-state index in [-0.39, 0.29) is 10.6 Å². The van der Waals surface area contributed by atoms with Gasteiger partial charge in [0.25, 0.3) is 10.1 Å². The molecule has 0 unspecified atom stereocenters. The minimum absolute atomic E-state index is 0.174. The van der Waals surface area contributed by atoms with Gasteiger partial charge in [0.2, 0.25) is 0 Å². The maximum Gasteiger partial charge on any atom is 0.298 e. The first-order valence-electron chi connectivity index (χ1n) is 11.3. The zero-order chi connectivity index (χ0) is 21.7. The molecule has 0 fully saturated rings. The zero-order valence-corrected chi connectivity index (χ0v) is 19.0. The SMILES string of the molecule is CCCCCCCCCCCCCc1cccc(S(=O)(=O)O)c1Oc1ccccc1. The van der Waals surface area contributed by atoms with Gasteiger partial charge in [-0.25, -0.2) is 0 Å². The van der Waals surface area contributed by atoms with Gasteiger partial charge >= 0.3 is 0 Å². The Morgan fingerprint density at radius 3 is 1.87 bits per heavy atom. The van der Waals surface area contributed by atoms with Crippen LogP contribution >= 0.6 is 0 Å². The average molecular weight is 433 g/mol. The van der Waals surface area contributed by atoms with Gasteiger partial charge in [-0.3, -0.25) is 4.55 Å². The van der Waals surface area contributed by atoms with Gasteiger partial charge in [0.15, 0.2) is 5.75 Å². The van der Waals surface area contributed by atoms with Crippen LogP contribution in [0.25, 0.3) is 0 Å².